The molecule has 164 valence electrons. The molecule has 1 aromatic heterocycles. The Labute approximate surface area is 190 Å². The van der Waals surface area contributed by atoms with Crippen molar-refractivity contribution in [3.05, 3.63) is 102 Å². The van der Waals surface area contributed by atoms with Crippen LogP contribution in [0.25, 0.3) is 16.9 Å². The number of benzene rings is 3. The molecule has 7 heteroatoms. The van der Waals surface area contributed by atoms with Gasteiger partial charge in [-0.3, -0.25) is 9.59 Å². The van der Waals surface area contributed by atoms with E-state index >= 15 is 0 Å². The number of hydrogen-bond donors (Lipinski definition) is 2. The van der Waals surface area contributed by atoms with E-state index in [-0.39, 0.29) is 24.8 Å². The van der Waals surface area contributed by atoms with Crippen LogP contribution in [-0.4, -0.2) is 21.6 Å². The fraction of sp³-hybridized carbons (Fsp3) is 0.115. The van der Waals surface area contributed by atoms with Gasteiger partial charge in [0.25, 0.3) is 0 Å². The van der Waals surface area contributed by atoms with Gasteiger partial charge in [-0.1, -0.05) is 54.6 Å². The van der Waals surface area contributed by atoms with Gasteiger partial charge in [-0.15, -0.1) is 0 Å². The Kier molecular flexibility index (Phi) is 5.44. The summed E-state index contributed by atoms with van der Waals surface area (Å²) in [6, 6.07) is 23.6. The van der Waals surface area contributed by atoms with Crippen LogP contribution in [-0.2, 0) is 16.1 Å². The van der Waals surface area contributed by atoms with Gasteiger partial charge in [0.1, 0.15) is 5.82 Å². The predicted molar refractivity (Wildman–Crippen MR) is 123 cm³/mol. The van der Waals surface area contributed by atoms with Crippen LogP contribution in [0.15, 0.2) is 85.1 Å². The summed E-state index contributed by atoms with van der Waals surface area (Å²) in [6.07, 6.45) is 1.91. The number of nitrogens with zero attached hydrogens (tertiary/aromatic N) is 2. The summed E-state index contributed by atoms with van der Waals surface area (Å²) in [5.41, 5.74) is 4.41. The Morgan fingerprint density at radius 2 is 1.79 bits per heavy atom. The maximum atomic E-state index is 13.6. The third-order valence-corrected chi connectivity index (χ3v) is 5.68. The standard InChI is InChI=1S/C26H21FN4O2/c27-19-11-12-21-22(14-24(32)29-23(21)13-19)26(33)28-15-18-16-31(20-9-5-2-6-10-20)30-25(18)17-7-3-1-4-8-17/h1-13,16,22H,14-15H2,(H,28,33)(H,29,32)/t22-/m1/s1. The maximum Gasteiger partial charge on any atom is 0.228 e. The van der Waals surface area contributed by atoms with Crippen molar-refractivity contribution in [1.29, 1.82) is 0 Å². The van der Waals surface area contributed by atoms with E-state index in [0.717, 1.165) is 22.5 Å². The van der Waals surface area contributed by atoms with E-state index in [1.54, 1.807) is 10.7 Å². The number of nitrogens with one attached hydrogen (secondary N) is 2. The minimum atomic E-state index is -0.682. The van der Waals surface area contributed by atoms with Crippen molar-refractivity contribution in [2.75, 3.05) is 5.32 Å². The van der Waals surface area contributed by atoms with Gasteiger partial charge in [0.2, 0.25) is 11.8 Å². The van der Waals surface area contributed by atoms with Crippen molar-refractivity contribution in [2.45, 2.75) is 18.9 Å². The Bertz CT molecular complexity index is 1320. The molecule has 2 N–H and O–H groups in total. The van der Waals surface area contributed by atoms with Crippen LogP contribution in [0.1, 0.15) is 23.5 Å². The van der Waals surface area contributed by atoms with Gasteiger partial charge >= 0.3 is 0 Å². The van der Waals surface area contributed by atoms with Gasteiger partial charge in [0, 0.05) is 36.0 Å². The number of halogens is 1. The van der Waals surface area contributed by atoms with Crippen molar-refractivity contribution >= 4 is 17.5 Å². The number of para-hydroxylation sites is 1. The summed E-state index contributed by atoms with van der Waals surface area (Å²) in [5, 5.41) is 10.4. The molecule has 0 bridgehead atoms. The topological polar surface area (TPSA) is 76.0 Å². The number of anilines is 1. The highest BCUT2D eigenvalue weighted by atomic mass is 19.1. The fourth-order valence-electron chi connectivity index (χ4n) is 4.07. The number of hydrogen-bond acceptors (Lipinski definition) is 3. The van der Waals surface area contributed by atoms with Crippen LogP contribution >= 0.6 is 0 Å². The second-order valence-electron chi connectivity index (χ2n) is 7.90. The molecule has 1 aliphatic heterocycles. The van der Waals surface area contributed by atoms with Gasteiger partial charge in [-0.25, -0.2) is 9.07 Å². The Morgan fingerprint density at radius 1 is 1.06 bits per heavy atom. The van der Waals surface area contributed by atoms with Crippen molar-refractivity contribution in [2.24, 2.45) is 0 Å². The van der Waals surface area contributed by atoms with Gasteiger partial charge in [-0.05, 0) is 29.8 Å². The van der Waals surface area contributed by atoms with Crippen molar-refractivity contribution in [3.8, 4) is 16.9 Å². The minimum Gasteiger partial charge on any atom is -0.351 e. The SMILES string of the molecule is O=C1C[C@@H](C(=O)NCc2cn(-c3ccccc3)nc2-c2ccccc2)c2ccc(F)cc2N1. The lowest BCUT2D eigenvalue weighted by Crippen LogP contribution is -2.34. The molecule has 0 fully saturated rings. The number of rotatable bonds is 5. The molecular weight excluding hydrogens is 419 g/mol. The number of carbonyl (C=O) groups excluding carboxylic acids is 2. The molecule has 4 aromatic rings. The lowest BCUT2D eigenvalue weighted by molar-refractivity contribution is -0.126. The molecule has 0 saturated heterocycles. The summed E-state index contributed by atoms with van der Waals surface area (Å²) in [4.78, 5) is 25.2. The number of aromatic nitrogens is 2. The van der Waals surface area contributed by atoms with Gasteiger partial charge < -0.3 is 10.6 Å². The van der Waals surface area contributed by atoms with Gasteiger partial charge in [0.15, 0.2) is 0 Å². The smallest absolute Gasteiger partial charge is 0.228 e. The molecule has 0 aliphatic carbocycles. The molecule has 1 atom stereocenters. The molecule has 5 rings (SSSR count). The largest absolute Gasteiger partial charge is 0.351 e. The van der Waals surface area contributed by atoms with E-state index in [1.807, 2.05) is 66.9 Å². The number of carbonyl (C=O) groups is 2. The quantitative estimate of drug-likeness (QED) is 0.482. The van der Waals surface area contributed by atoms with Crippen LogP contribution in [0.5, 0.6) is 0 Å². The summed E-state index contributed by atoms with van der Waals surface area (Å²) >= 11 is 0. The first-order valence-electron chi connectivity index (χ1n) is 10.6. The normalized spacial score (nSPS) is 14.9. The monoisotopic (exact) mass is 440 g/mol. The zero-order valence-electron chi connectivity index (χ0n) is 17.7. The zero-order valence-corrected chi connectivity index (χ0v) is 17.7. The number of amides is 2. The summed E-state index contributed by atoms with van der Waals surface area (Å²) < 4.78 is 15.4. The van der Waals surface area contributed by atoms with Crippen LogP contribution < -0.4 is 10.6 Å². The first-order valence-corrected chi connectivity index (χ1v) is 10.6. The van der Waals surface area contributed by atoms with Gasteiger partial charge in [0.05, 0.1) is 17.3 Å². The lowest BCUT2D eigenvalue weighted by atomic mass is 9.89. The van der Waals surface area contributed by atoms with Crippen molar-refractivity contribution in [1.82, 2.24) is 15.1 Å². The molecular formula is C26H21FN4O2. The fourth-order valence-corrected chi connectivity index (χ4v) is 4.07. The first-order chi connectivity index (χ1) is 16.1. The Balaban J connectivity index is 1.42. The highest BCUT2D eigenvalue weighted by Crippen LogP contribution is 2.33. The van der Waals surface area contributed by atoms with Crippen LogP contribution in [0.4, 0.5) is 10.1 Å². The van der Waals surface area contributed by atoms with Crippen molar-refractivity contribution in [3.63, 3.8) is 0 Å². The second kappa shape index (κ2) is 8.70. The molecule has 2 heterocycles. The number of fused-ring (bicyclic) bond motifs is 1. The molecule has 3 aromatic carbocycles. The van der Waals surface area contributed by atoms with Gasteiger partial charge in [-0.2, -0.15) is 5.10 Å². The minimum absolute atomic E-state index is 0.0132. The van der Waals surface area contributed by atoms with Crippen LogP contribution in [0, 0.1) is 5.82 Å². The Hall–Kier alpha value is -4.26. The Morgan fingerprint density at radius 3 is 2.55 bits per heavy atom. The lowest BCUT2D eigenvalue weighted by Gasteiger charge is -2.24. The summed E-state index contributed by atoms with van der Waals surface area (Å²) in [6.45, 7) is 0.241. The molecule has 0 spiro atoms. The second-order valence-corrected chi connectivity index (χ2v) is 7.90. The van der Waals surface area contributed by atoms with Crippen LogP contribution in [0.2, 0.25) is 0 Å². The molecule has 33 heavy (non-hydrogen) atoms. The average molecular weight is 440 g/mol. The van der Waals surface area contributed by atoms with Crippen LogP contribution in [0.3, 0.4) is 0 Å². The zero-order chi connectivity index (χ0) is 22.8. The summed E-state index contributed by atoms with van der Waals surface area (Å²) in [5.74, 6) is -1.74. The molecule has 2 amide bonds. The summed E-state index contributed by atoms with van der Waals surface area (Å²) in [7, 11) is 0. The van der Waals surface area contributed by atoms with E-state index in [2.05, 4.69) is 10.6 Å². The van der Waals surface area contributed by atoms with E-state index in [1.165, 1.54) is 12.1 Å². The maximum absolute atomic E-state index is 13.6. The third kappa shape index (κ3) is 4.25. The average Bonchev–Trinajstić information content (AvgIpc) is 3.27. The third-order valence-electron chi connectivity index (χ3n) is 5.68. The van der Waals surface area contributed by atoms with E-state index < -0.39 is 11.7 Å². The van der Waals surface area contributed by atoms with E-state index in [4.69, 9.17) is 5.10 Å². The molecule has 0 unspecified atom stereocenters. The first kappa shape index (κ1) is 20.6. The molecule has 6 nitrogen and oxygen atoms in total. The van der Waals surface area contributed by atoms with E-state index in [9.17, 15) is 14.0 Å². The highest BCUT2D eigenvalue weighted by Gasteiger charge is 2.31. The molecule has 1 aliphatic rings. The molecule has 0 saturated carbocycles. The van der Waals surface area contributed by atoms with E-state index in [0.29, 0.717) is 11.3 Å². The van der Waals surface area contributed by atoms with Crippen molar-refractivity contribution < 1.29 is 14.0 Å². The predicted octanol–water partition coefficient (Wildman–Crippen LogP) is 4.42. The molecule has 0 radical (unpaired) electrons. The highest BCUT2D eigenvalue weighted by molar-refractivity contribution is 6.01.